The van der Waals surface area contributed by atoms with Crippen molar-refractivity contribution in [3.8, 4) is 0 Å². The van der Waals surface area contributed by atoms with E-state index >= 15 is 0 Å². The van der Waals surface area contributed by atoms with Gasteiger partial charge in [0, 0.05) is 23.6 Å². The zero-order chi connectivity index (χ0) is 10.6. The van der Waals surface area contributed by atoms with Gasteiger partial charge in [0.05, 0.1) is 0 Å². The number of hydrogen-bond donors (Lipinski definition) is 1. The Labute approximate surface area is 90.2 Å². The average Bonchev–Trinajstić information content (AvgIpc) is 2.56. The highest BCUT2D eigenvalue weighted by Crippen LogP contribution is 2.20. The lowest BCUT2D eigenvalue weighted by molar-refractivity contribution is 0.111. The van der Waals surface area contributed by atoms with Crippen LogP contribution in [-0.2, 0) is 6.54 Å². The summed E-state index contributed by atoms with van der Waals surface area (Å²) in [5.41, 5.74) is 0.0682. The van der Waals surface area contributed by atoms with Crippen LogP contribution in [0.5, 0.6) is 0 Å². The van der Waals surface area contributed by atoms with Crippen LogP contribution in [0.15, 0.2) is 17.5 Å². The van der Waals surface area contributed by atoms with E-state index in [0.29, 0.717) is 0 Å². The molecule has 1 heterocycles. The Hall–Kier alpha value is -0.380. The van der Waals surface area contributed by atoms with Crippen LogP contribution >= 0.6 is 11.3 Å². The van der Waals surface area contributed by atoms with E-state index in [0.717, 1.165) is 13.0 Å². The summed E-state index contributed by atoms with van der Waals surface area (Å²) in [6.07, 6.45) is 0.814. The number of nitrogens with zero attached hydrogens (tertiary/aromatic N) is 1. The Morgan fingerprint density at radius 3 is 2.71 bits per heavy atom. The molecule has 1 rings (SSSR count). The number of aliphatic hydroxyl groups excluding tert-OH is 1. The number of aliphatic hydroxyl groups is 1. The molecule has 1 N–H and O–H groups in total. The third-order valence-electron chi connectivity index (χ3n) is 2.73. The summed E-state index contributed by atoms with van der Waals surface area (Å²) in [5.74, 6) is 0. The summed E-state index contributed by atoms with van der Waals surface area (Å²) in [4.78, 5) is 3.66. The molecular formula is C11H19NOS. The van der Waals surface area contributed by atoms with Gasteiger partial charge in [0.25, 0.3) is 0 Å². The molecule has 1 aromatic heterocycles. The Bertz CT molecular complexity index is 256. The third kappa shape index (κ3) is 3.08. The first-order chi connectivity index (χ1) is 6.56. The van der Waals surface area contributed by atoms with Crippen molar-refractivity contribution in [1.82, 2.24) is 4.90 Å². The Balaban J connectivity index is 2.52. The van der Waals surface area contributed by atoms with Gasteiger partial charge in [0.15, 0.2) is 0 Å². The van der Waals surface area contributed by atoms with E-state index in [1.54, 1.807) is 11.3 Å². The molecule has 0 bridgehead atoms. The molecule has 2 nitrogen and oxygen atoms in total. The molecule has 0 aliphatic carbocycles. The van der Waals surface area contributed by atoms with Gasteiger partial charge in [-0.25, -0.2) is 0 Å². The summed E-state index contributed by atoms with van der Waals surface area (Å²) in [6.45, 7) is 5.54. The van der Waals surface area contributed by atoms with Gasteiger partial charge in [-0.05, 0) is 38.8 Å². The van der Waals surface area contributed by atoms with E-state index in [9.17, 15) is 0 Å². The lowest BCUT2D eigenvalue weighted by Gasteiger charge is -2.35. The van der Waals surface area contributed by atoms with Crippen molar-refractivity contribution >= 4 is 11.3 Å². The van der Waals surface area contributed by atoms with Crippen LogP contribution in [0.4, 0.5) is 0 Å². The lowest BCUT2D eigenvalue weighted by Crippen LogP contribution is -2.41. The van der Waals surface area contributed by atoms with Crippen molar-refractivity contribution in [3.63, 3.8) is 0 Å². The van der Waals surface area contributed by atoms with Crippen molar-refractivity contribution in [2.75, 3.05) is 13.7 Å². The Morgan fingerprint density at radius 1 is 1.50 bits per heavy atom. The fourth-order valence-electron chi connectivity index (χ4n) is 1.31. The highest BCUT2D eigenvalue weighted by Gasteiger charge is 2.22. The quantitative estimate of drug-likeness (QED) is 0.811. The van der Waals surface area contributed by atoms with Crippen LogP contribution in [0, 0.1) is 0 Å². The molecule has 0 fully saturated rings. The average molecular weight is 213 g/mol. The van der Waals surface area contributed by atoms with E-state index < -0.39 is 0 Å². The summed E-state index contributed by atoms with van der Waals surface area (Å²) in [5, 5.41) is 11.1. The lowest BCUT2D eigenvalue weighted by atomic mass is 9.99. The first-order valence-electron chi connectivity index (χ1n) is 4.91. The SMILES string of the molecule is CN(Cc1cccs1)C(C)(C)CCO. The minimum Gasteiger partial charge on any atom is -0.396 e. The zero-order valence-corrected chi connectivity index (χ0v) is 9.97. The number of thiophene rings is 1. The third-order valence-corrected chi connectivity index (χ3v) is 3.59. The normalized spacial score (nSPS) is 12.4. The van der Waals surface area contributed by atoms with Gasteiger partial charge >= 0.3 is 0 Å². The molecule has 0 saturated carbocycles. The second-order valence-corrected chi connectivity index (χ2v) is 5.25. The van der Waals surface area contributed by atoms with E-state index in [2.05, 4.69) is 43.3 Å². The van der Waals surface area contributed by atoms with Gasteiger partial charge in [-0.3, -0.25) is 4.90 Å². The molecule has 0 unspecified atom stereocenters. The van der Waals surface area contributed by atoms with Crippen molar-refractivity contribution in [3.05, 3.63) is 22.4 Å². The molecule has 14 heavy (non-hydrogen) atoms. The standard InChI is InChI=1S/C11H19NOS/c1-11(2,6-7-13)12(3)9-10-5-4-8-14-10/h4-5,8,13H,6-7,9H2,1-3H3. The largest absolute Gasteiger partial charge is 0.396 e. The molecule has 3 heteroatoms. The molecular weight excluding hydrogens is 194 g/mol. The second-order valence-electron chi connectivity index (χ2n) is 4.22. The zero-order valence-electron chi connectivity index (χ0n) is 9.16. The second kappa shape index (κ2) is 4.91. The summed E-state index contributed by atoms with van der Waals surface area (Å²) < 4.78 is 0. The van der Waals surface area contributed by atoms with Crippen LogP contribution in [0.3, 0.4) is 0 Å². The molecule has 0 saturated heterocycles. The monoisotopic (exact) mass is 213 g/mol. The maximum absolute atomic E-state index is 8.95. The summed E-state index contributed by atoms with van der Waals surface area (Å²) in [7, 11) is 2.11. The van der Waals surface area contributed by atoms with E-state index in [4.69, 9.17) is 5.11 Å². The topological polar surface area (TPSA) is 23.5 Å². The molecule has 80 valence electrons. The minimum atomic E-state index is 0.0682. The highest BCUT2D eigenvalue weighted by atomic mass is 32.1. The van der Waals surface area contributed by atoms with E-state index in [1.165, 1.54) is 4.88 Å². The molecule has 0 spiro atoms. The van der Waals surface area contributed by atoms with Crippen molar-refractivity contribution in [1.29, 1.82) is 0 Å². The Kier molecular flexibility index (Phi) is 4.11. The molecule has 0 aliphatic rings. The van der Waals surface area contributed by atoms with Crippen molar-refractivity contribution in [2.45, 2.75) is 32.4 Å². The van der Waals surface area contributed by atoms with Crippen molar-refractivity contribution in [2.24, 2.45) is 0 Å². The van der Waals surface area contributed by atoms with Gasteiger partial charge in [-0.15, -0.1) is 11.3 Å². The fourth-order valence-corrected chi connectivity index (χ4v) is 2.07. The Morgan fingerprint density at radius 2 is 2.21 bits per heavy atom. The number of hydrogen-bond acceptors (Lipinski definition) is 3. The van der Waals surface area contributed by atoms with Crippen LogP contribution in [-0.4, -0.2) is 29.2 Å². The predicted octanol–water partition coefficient (Wildman–Crippen LogP) is 2.34. The van der Waals surface area contributed by atoms with Crippen LogP contribution < -0.4 is 0 Å². The first kappa shape index (κ1) is 11.7. The molecule has 0 atom stereocenters. The molecule has 0 radical (unpaired) electrons. The number of rotatable bonds is 5. The van der Waals surface area contributed by atoms with Gasteiger partial charge in [0.2, 0.25) is 0 Å². The maximum Gasteiger partial charge on any atom is 0.0448 e. The highest BCUT2D eigenvalue weighted by molar-refractivity contribution is 7.09. The van der Waals surface area contributed by atoms with E-state index in [1.807, 2.05) is 0 Å². The van der Waals surface area contributed by atoms with E-state index in [-0.39, 0.29) is 12.1 Å². The smallest absolute Gasteiger partial charge is 0.0448 e. The molecule has 0 aromatic carbocycles. The summed E-state index contributed by atoms with van der Waals surface area (Å²) >= 11 is 1.78. The van der Waals surface area contributed by atoms with Gasteiger partial charge in [-0.2, -0.15) is 0 Å². The molecule has 0 aliphatic heterocycles. The van der Waals surface area contributed by atoms with Gasteiger partial charge in [0.1, 0.15) is 0 Å². The predicted molar refractivity (Wildman–Crippen MR) is 61.6 cm³/mol. The summed E-state index contributed by atoms with van der Waals surface area (Å²) in [6, 6.07) is 4.23. The van der Waals surface area contributed by atoms with Crippen LogP contribution in [0.2, 0.25) is 0 Å². The van der Waals surface area contributed by atoms with Gasteiger partial charge < -0.3 is 5.11 Å². The first-order valence-corrected chi connectivity index (χ1v) is 5.79. The minimum absolute atomic E-state index is 0.0682. The van der Waals surface area contributed by atoms with Crippen LogP contribution in [0.25, 0.3) is 0 Å². The molecule has 1 aromatic rings. The molecule has 0 amide bonds. The maximum atomic E-state index is 8.95. The van der Waals surface area contributed by atoms with Gasteiger partial charge in [-0.1, -0.05) is 6.07 Å². The fraction of sp³-hybridized carbons (Fsp3) is 0.636. The van der Waals surface area contributed by atoms with Crippen molar-refractivity contribution < 1.29 is 5.11 Å². The van der Waals surface area contributed by atoms with Crippen LogP contribution in [0.1, 0.15) is 25.1 Å².